The summed E-state index contributed by atoms with van der Waals surface area (Å²) >= 11 is 1.63. The lowest BCUT2D eigenvalue weighted by Crippen LogP contribution is -2.35. The van der Waals surface area contributed by atoms with Crippen LogP contribution in [-0.2, 0) is 4.79 Å². The Labute approximate surface area is 147 Å². The number of carboxylic acid groups (broad SMARTS) is 1. The molecule has 1 aliphatic rings. The zero-order chi connectivity index (χ0) is 17.1. The number of hydrogen-bond acceptors (Lipinski definition) is 4. The summed E-state index contributed by atoms with van der Waals surface area (Å²) in [5.41, 5.74) is 4.63. The molecule has 1 saturated carbocycles. The highest BCUT2D eigenvalue weighted by molar-refractivity contribution is 7.14. The number of aromatic nitrogens is 1. The van der Waals surface area contributed by atoms with Gasteiger partial charge in [0, 0.05) is 23.5 Å². The first-order valence-electron chi connectivity index (χ1n) is 8.56. The summed E-state index contributed by atoms with van der Waals surface area (Å²) in [5, 5.41) is 12.1. The van der Waals surface area contributed by atoms with Crippen LogP contribution in [0.3, 0.4) is 0 Å². The van der Waals surface area contributed by atoms with Gasteiger partial charge in [0.15, 0.2) is 5.13 Å². The van der Waals surface area contributed by atoms with Crippen molar-refractivity contribution in [3.63, 3.8) is 0 Å². The van der Waals surface area contributed by atoms with Crippen molar-refractivity contribution < 1.29 is 9.90 Å². The number of aryl methyl sites for hydroxylation is 2. The molecule has 0 unspecified atom stereocenters. The molecule has 0 atom stereocenters. The fourth-order valence-electron chi connectivity index (χ4n) is 3.49. The summed E-state index contributed by atoms with van der Waals surface area (Å²) in [5.74, 6) is -0.746. The average Bonchev–Trinajstić information content (AvgIpc) is 3.19. The van der Waals surface area contributed by atoms with Crippen LogP contribution in [0.25, 0.3) is 11.3 Å². The van der Waals surface area contributed by atoms with E-state index in [0.717, 1.165) is 29.2 Å². The van der Waals surface area contributed by atoms with E-state index in [1.54, 1.807) is 11.3 Å². The monoisotopic (exact) mass is 344 g/mol. The Morgan fingerprint density at radius 1 is 1.33 bits per heavy atom. The van der Waals surface area contributed by atoms with Gasteiger partial charge in [0.05, 0.1) is 12.1 Å². The first-order chi connectivity index (χ1) is 11.5. The van der Waals surface area contributed by atoms with Gasteiger partial charge in [0.25, 0.3) is 0 Å². The second-order valence-corrected chi connectivity index (χ2v) is 7.45. The third-order valence-corrected chi connectivity index (χ3v) is 5.61. The first kappa shape index (κ1) is 17.0. The average molecular weight is 344 g/mol. The molecule has 1 aromatic carbocycles. The lowest BCUT2D eigenvalue weighted by Gasteiger charge is -2.28. The number of benzene rings is 1. The highest BCUT2D eigenvalue weighted by Crippen LogP contribution is 2.34. The van der Waals surface area contributed by atoms with Crippen LogP contribution in [-0.4, -0.2) is 28.6 Å². The maximum absolute atomic E-state index is 11.0. The molecule has 4 nitrogen and oxygen atoms in total. The molecule has 0 bridgehead atoms. The van der Waals surface area contributed by atoms with Crippen molar-refractivity contribution >= 4 is 22.4 Å². The van der Waals surface area contributed by atoms with Crippen LogP contribution in [0.1, 0.15) is 43.2 Å². The SMILES string of the molecule is Cc1ccc(-c2csc(N(CCC(=O)O)C3CCCC3)n2)c(C)c1. The second-order valence-electron chi connectivity index (χ2n) is 6.61. The van der Waals surface area contributed by atoms with Crippen molar-refractivity contribution in [1.82, 2.24) is 4.98 Å². The lowest BCUT2D eigenvalue weighted by atomic mass is 10.0. The van der Waals surface area contributed by atoms with Crippen molar-refractivity contribution in [3.8, 4) is 11.3 Å². The van der Waals surface area contributed by atoms with Gasteiger partial charge in [-0.2, -0.15) is 0 Å². The number of anilines is 1. The topological polar surface area (TPSA) is 53.4 Å². The summed E-state index contributed by atoms with van der Waals surface area (Å²) < 4.78 is 0. The standard InChI is InChI=1S/C19H24N2O2S/c1-13-7-8-16(14(2)11-13)17-12-24-19(20-17)21(10-9-18(22)23)15-5-3-4-6-15/h7-8,11-12,15H,3-6,9-10H2,1-2H3,(H,22,23). The Morgan fingerprint density at radius 2 is 2.08 bits per heavy atom. The van der Waals surface area contributed by atoms with Crippen molar-refractivity contribution in [1.29, 1.82) is 0 Å². The molecule has 128 valence electrons. The van der Waals surface area contributed by atoms with Crippen LogP contribution in [0, 0.1) is 13.8 Å². The van der Waals surface area contributed by atoms with Gasteiger partial charge >= 0.3 is 5.97 Å². The first-order valence-corrected chi connectivity index (χ1v) is 9.44. The number of thiazole rings is 1. The van der Waals surface area contributed by atoms with E-state index in [0.29, 0.717) is 12.6 Å². The molecule has 3 rings (SSSR count). The molecule has 2 aromatic rings. The summed E-state index contributed by atoms with van der Waals surface area (Å²) in [4.78, 5) is 18.1. The molecular formula is C19H24N2O2S. The van der Waals surface area contributed by atoms with E-state index in [4.69, 9.17) is 10.1 Å². The lowest BCUT2D eigenvalue weighted by molar-refractivity contribution is -0.136. The molecule has 1 heterocycles. The van der Waals surface area contributed by atoms with Crippen molar-refractivity contribution in [2.75, 3.05) is 11.4 Å². The molecule has 1 fully saturated rings. The number of carbonyl (C=O) groups is 1. The summed E-state index contributed by atoms with van der Waals surface area (Å²) in [6, 6.07) is 6.84. The smallest absolute Gasteiger partial charge is 0.305 e. The van der Waals surface area contributed by atoms with Crippen molar-refractivity contribution in [3.05, 3.63) is 34.7 Å². The highest BCUT2D eigenvalue weighted by Gasteiger charge is 2.25. The number of hydrogen-bond donors (Lipinski definition) is 1. The molecule has 0 amide bonds. The largest absolute Gasteiger partial charge is 0.481 e. The van der Waals surface area contributed by atoms with Crippen molar-refractivity contribution in [2.45, 2.75) is 52.0 Å². The molecular weight excluding hydrogens is 320 g/mol. The Balaban J connectivity index is 1.86. The Hall–Kier alpha value is -1.88. The van der Waals surface area contributed by atoms with E-state index in [1.807, 2.05) is 0 Å². The third-order valence-electron chi connectivity index (χ3n) is 4.73. The van der Waals surface area contributed by atoms with Gasteiger partial charge in [-0.1, -0.05) is 36.6 Å². The molecule has 0 aliphatic heterocycles. The van der Waals surface area contributed by atoms with Gasteiger partial charge in [0.1, 0.15) is 0 Å². The van der Waals surface area contributed by atoms with Gasteiger partial charge in [-0.05, 0) is 32.3 Å². The van der Waals surface area contributed by atoms with Gasteiger partial charge < -0.3 is 10.0 Å². The molecule has 1 N–H and O–H groups in total. The predicted molar refractivity (Wildman–Crippen MR) is 98.9 cm³/mol. The van der Waals surface area contributed by atoms with Crippen LogP contribution in [0.2, 0.25) is 0 Å². The van der Waals surface area contributed by atoms with Crippen LogP contribution >= 0.6 is 11.3 Å². The Bertz CT molecular complexity index is 720. The number of rotatable bonds is 6. The maximum Gasteiger partial charge on any atom is 0.305 e. The van der Waals surface area contributed by atoms with E-state index in [2.05, 4.69) is 42.3 Å². The summed E-state index contributed by atoms with van der Waals surface area (Å²) in [7, 11) is 0. The van der Waals surface area contributed by atoms with Crippen molar-refractivity contribution in [2.24, 2.45) is 0 Å². The zero-order valence-electron chi connectivity index (χ0n) is 14.3. The Kier molecular flexibility index (Phi) is 5.19. The molecule has 5 heteroatoms. The van der Waals surface area contributed by atoms with Gasteiger partial charge in [0.2, 0.25) is 0 Å². The zero-order valence-corrected chi connectivity index (χ0v) is 15.1. The molecule has 1 aromatic heterocycles. The third kappa shape index (κ3) is 3.78. The minimum absolute atomic E-state index is 0.162. The molecule has 1 aliphatic carbocycles. The predicted octanol–water partition coefficient (Wildman–Crippen LogP) is 4.65. The number of nitrogens with zero attached hydrogens (tertiary/aromatic N) is 2. The molecule has 0 radical (unpaired) electrons. The van der Waals surface area contributed by atoms with Gasteiger partial charge in [-0.25, -0.2) is 4.98 Å². The van der Waals surface area contributed by atoms with E-state index < -0.39 is 5.97 Å². The van der Waals surface area contributed by atoms with Crippen LogP contribution < -0.4 is 4.90 Å². The molecule has 0 saturated heterocycles. The summed E-state index contributed by atoms with van der Waals surface area (Å²) in [6.07, 6.45) is 4.89. The van der Waals surface area contributed by atoms with Crippen LogP contribution in [0.15, 0.2) is 23.6 Å². The quantitative estimate of drug-likeness (QED) is 0.829. The normalized spacial score (nSPS) is 14.9. The highest BCUT2D eigenvalue weighted by atomic mass is 32.1. The fourth-order valence-corrected chi connectivity index (χ4v) is 4.41. The van der Waals surface area contributed by atoms with E-state index in [-0.39, 0.29) is 6.42 Å². The maximum atomic E-state index is 11.0. The summed E-state index contributed by atoms with van der Waals surface area (Å²) in [6.45, 7) is 4.75. The van der Waals surface area contributed by atoms with E-state index in [1.165, 1.54) is 24.0 Å². The molecule has 24 heavy (non-hydrogen) atoms. The fraction of sp³-hybridized carbons (Fsp3) is 0.474. The van der Waals surface area contributed by atoms with E-state index in [9.17, 15) is 4.79 Å². The minimum atomic E-state index is -0.746. The van der Waals surface area contributed by atoms with Gasteiger partial charge in [-0.3, -0.25) is 4.79 Å². The Morgan fingerprint density at radius 3 is 2.75 bits per heavy atom. The minimum Gasteiger partial charge on any atom is -0.481 e. The molecule has 0 spiro atoms. The number of aliphatic carboxylic acids is 1. The van der Waals surface area contributed by atoms with Crippen LogP contribution in [0.4, 0.5) is 5.13 Å². The second kappa shape index (κ2) is 7.34. The van der Waals surface area contributed by atoms with Gasteiger partial charge in [-0.15, -0.1) is 11.3 Å². The van der Waals surface area contributed by atoms with E-state index >= 15 is 0 Å². The van der Waals surface area contributed by atoms with Crippen LogP contribution in [0.5, 0.6) is 0 Å². The number of carboxylic acids is 1.